The molecular formula is C15H24BrNO3. The molecule has 0 fully saturated rings. The lowest BCUT2D eigenvalue weighted by atomic mass is 9.86. The van der Waals surface area contributed by atoms with Crippen LogP contribution in [0.5, 0.6) is 0 Å². The summed E-state index contributed by atoms with van der Waals surface area (Å²) >= 11 is 3.48. The second-order valence-electron chi connectivity index (χ2n) is 6.83. The highest BCUT2D eigenvalue weighted by atomic mass is 79.9. The van der Waals surface area contributed by atoms with Crippen LogP contribution >= 0.6 is 15.9 Å². The number of hydrogen-bond acceptors (Lipinski definition) is 3. The number of nitrogens with zero attached hydrogens (tertiary/aromatic N) is 1. The topological polar surface area (TPSA) is 46.6 Å². The van der Waals surface area contributed by atoms with Crippen molar-refractivity contribution < 1.29 is 14.3 Å². The van der Waals surface area contributed by atoms with Crippen molar-refractivity contribution in [2.24, 2.45) is 5.41 Å². The van der Waals surface area contributed by atoms with Gasteiger partial charge in [-0.3, -0.25) is 9.69 Å². The van der Waals surface area contributed by atoms with E-state index in [1.165, 1.54) is 4.90 Å². The lowest BCUT2D eigenvalue weighted by Gasteiger charge is -2.32. The number of alkyl halides is 1. The largest absolute Gasteiger partial charge is 0.443 e. The van der Waals surface area contributed by atoms with Crippen LogP contribution in [0.25, 0.3) is 0 Å². The minimum Gasteiger partial charge on any atom is -0.443 e. The van der Waals surface area contributed by atoms with E-state index >= 15 is 0 Å². The van der Waals surface area contributed by atoms with Crippen molar-refractivity contribution in [2.45, 2.75) is 58.4 Å². The number of carbonyl (C=O) groups is 2. The number of Topliss-reactive ketones (excluding diaryl/α,β-unsaturated/α-hetero) is 1. The summed E-state index contributed by atoms with van der Waals surface area (Å²) in [7, 11) is 0. The Kier molecular flexibility index (Phi) is 5.06. The fraction of sp³-hybridized carbons (Fsp3) is 0.733. The zero-order valence-electron chi connectivity index (χ0n) is 13.1. The molecule has 0 aromatic heterocycles. The first-order valence-electron chi connectivity index (χ1n) is 6.86. The van der Waals surface area contributed by atoms with E-state index in [1.807, 2.05) is 41.5 Å². The van der Waals surface area contributed by atoms with Gasteiger partial charge < -0.3 is 4.74 Å². The van der Waals surface area contributed by atoms with Crippen molar-refractivity contribution in [3.05, 3.63) is 11.8 Å². The minimum atomic E-state index is -0.550. The molecular weight excluding hydrogens is 322 g/mol. The maximum Gasteiger partial charge on any atom is 0.414 e. The van der Waals surface area contributed by atoms with Crippen LogP contribution in [0.3, 0.4) is 0 Å². The Labute approximate surface area is 129 Å². The van der Waals surface area contributed by atoms with Crippen LogP contribution in [0.4, 0.5) is 4.79 Å². The molecule has 1 heterocycles. The molecule has 1 atom stereocenters. The molecule has 1 unspecified atom stereocenters. The minimum absolute atomic E-state index is 0.0450. The predicted molar refractivity (Wildman–Crippen MR) is 82.8 cm³/mol. The number of allylic oxidation sites excluding steroid dienone is 1. The average molecular weight is 346 g/mol. The Bertz CT molecular complexity index is 435. The highest BCUT2D eigenvalue weighted by Gasteiger charge is 2.40. The highest BCUT2D eigenvalue weighted by Crippen LogP contribution is 2.34. The molecule has 0 spiro atoms. The van der Waals surface area contributed by atoms with Gasteiger partial charge in [-0.25, -0.2) is 4.79 Å². The molecule has 0 saturated heterocycles. The monoisotopic (exact) mass is 345 g/mol. The summed E-state index contributed by atoms with van der Waals surface area (Å²) in [6.45, 7) is 11.8. The number of amides is 1. The van der Waals surface area contributed by atoms with E-state index in [2.05, 4.69) is 15.9 Å². The Balaban J connectivity index is 3.09. The van der Waals surface area contributed by atoms with E-state index in [0.29, 0.717) is 18.5 Å². The first-order valence-corrected chi connectivity index (χ1v) is 7.78. The summed E-state index contributed by atoms with van der Waals surface area (Å²) in [6, 6.07) is 0. The molecule has 4 nitrogen and oxygen atoms in total. The van der Waals surface area contributed by atoms with Crippen LogP contribution in [0.2, 0.25) is 0 Å². The SMILES string of the molecule is CCC1=CN(C(=O)OC(C)(C)C)CC(C)(C)C(Br)C1=O. The molecule has 1 amide bonds. The second-order valence-corrected chi connectivity index (χ2v) is 7.75. The van der Waals surface area contributed by atoms with Gasteiger partial charge in [0.15, 0.2) is 5.78 Å². The molecule has 0 N–H and O–H groups in total. The van der Waals surface area contributed by atoms with Gasteiger partial charge in [0.1, 0.15) is 5.60 Å². The van der Waals surface area contributed by atoms with Crippen molar-refractivity contribution in [3.63, 3.8) is 0 Å². The maximum absolute atomic E-state index is 12.4. The van der Waals surface area contributed by atoms with E-state index in [4.69, 9.17) is 4.74 Å². The van der Waals surface area contributed by atoms with Crippen LogP contribution in [-0.4, -0.2) is 33.7 Å². The smallest absolute Gasteiger partial charge is 0.414 e. The van der Waals surface area contributed by atoms with E-state index in [1.54, 1.807) is 6.20 Å². The van der Waals surface area contributed by atoms with E-state index in [0.717, 1.165) is 0 Å². The van der Waals surface area contributed by atoms with Gasteiger partial charge in [-0.15, -0.1) is 0 Å². The number of halogens is 1. The van der Waals surface area contributed by atoms with Gasteiger partial charge in [0, 0.05) is 23.7 Å². The average Bonchev–Trinajstić information content (AvgIpc) is 2.37. The van der Waals surface area contributed by atoms with Gasteiger partial charge in [-0.2, -0.15) is 0 Å². The number of rotatable bonds is 1. The lowest BCUT2D eigenvalue weighted by Crippen LogP contribution is -2.42. The second kappa shape index (κ2) is 5.88. The first-order chi connectivity index (χ1) is 8.98. The summed E-state index contributed by atoms with van der Waals surface area (Å²) in [5.41, 5.74) is -0.268. The van der Waals surface area contributed by atoms with Crippen LogP contribution in [0.1, 0.15) is 48.0 Å². The molecule has 1 aliphatic heterocycles. The van der Waals surface area contributed by atoms with Crippen molar-refractivity contribution in [3.8, 4) is 0 Å². The standard InChI is InChI=1S/C15H24BrNO3/c1-7-10-8-17(13(19)20-14(2,3)4)9-15(5,6)12(16)11(10)18/h8,12H,7,9H2,1-6H3. The van der Waals surface area contributed by atoms with Gasteiger partial charge in [-0.05, 0) is 27.2 Å². The van der Waals surface area contributed by atoms with Crippen LogP contribution in [-0.2, 0) is 9.53 Å². The normalized spacial score (nSPS) is 23.1. The molecule has 0 bridgehead atoms. The zero-order valence-corrected chi connectivity index (χ0v) is 14.7. The Hall–Kier alpha value is -0.840. The third-order valence-corrected chi connectivity index (χ3v) is 4.79. The van der Waals surface area contributed by atoms with Gasteiger partial charge in [-0.1, -0.05) is 36.7 Å². The molecule has 0 aromatic rings. The van der Waals surface area contributed by atoms with Crippen LogP contribution < -0.4 is 0 Å². The molecule has 0 radical (unpaired) electrons. The zero-order chi connectivity index (χ0) is 15.7. The molecule has 5 heteroatoms. The van der Waals surface area contributed by atoms with Crippen LogP contribution in [0, 0.1) is 5.41 Å². The highest BCUT2D eigenvalue weighted by molar-refractivity contribution is 9.10. The first kappa shape index (κ1) is 17.2. The van der Waals surface area contributed by atoms with Gasteiger partial charge in [0.2, 0.25) is 0 Å². The Morgan fingerprint density at radius 2 is 2.05 bits per heavy atom. The third kappa shape index (κ3) is 4.08. The van der Waals surface area contributed by atoms with Gasteiger partial charge in [0.25, 0.3) is 0 Å². The lowest BCUT2D eigenvalue weighted by molar-refractivity contribution is -0.116. The fourth-order valence-electron chi connectivity index (χ4n) is 2.04. The molecule has 1 rings (SSSR count). The summed E-state index contributed by atoms with van der Waals surface area (Å²) in [4.78, 5) is 25.8. The van der Waals surface area contributed by atoms with Gasteiger partial charge in [0.05, 0.1) is 4.83 Å². The molecule has 0 aliphatic carbocycles. The summed E-state index contributed by atoms with van der Waals surface area (Å²) in [5, 5.41) is 0. The maximum atomic E-state index is 12.4. The van der Waals surface area contributed by atoms with E-state index in [9.17, 15) is 9.59 Å². The summed E-state index contributed by atoms with van der Waals surface area (Å²) in [5.74, 6) is 0.0450. The summed E-state index contributed by atoms with van der Waals surface area (Å²) < 4.78 is 5.41. The van der Waals surface area contributed by atoms with E-state index < -0.39 is 11.7 Å². The Morgan fingerprint density at radius 3 is 2.50 bits per heavy atom. The van der Waals surface area contributed by atoms with E-state index in [-0.39, 0.29) is 16.0 Å². The quantitative estimate of drug-likeness (QED) is 0.677. The summed E-state index contributed by atoms with van der Waals surface area (Å²) in [6.07, 6.45) is 1.82. The Morgan fingerprint density at radius 1 is 1.50 bits per heavy atom. The molecule has 1 aliphatic rings. The van der Waals surface area contributed by atoms with Crippen molar-refractivity contribution in [1.82, 2.24) is 4.90 Å². The van der Waals surface area contributed by atoms with Crippen LogP contribution in [0.15, 0.2) is 11.8 Å². The number of hydrogen-bond donors (Lipinski definition) is 0. The number of ketones is 1. The number of ether oxygens (including phenoxy) is 1. The molecule has 20 heavy (non-hydrogen) atoms. The van der Waals surface area contributed by atoms with Crippen molar-refractivity contribution >= 4 is 27.8 Å². The van der Waals surface area contributed by atoms with Gasteiger partial charge >= 0.3 is 6.09 Å². The van der Waals surface area contributed by atoms with Crippen molar-refractivity contribution in [1.29, 1.82) is 0 Å². The molecule has 114 valence electrons. The molecule has 0 aromatic carbocycles. The number of carbonyl (C=O) groups excluding carboxylic acids is 2. The fourth-order valence-corrected chi connectivity index (χ4v) is 2.48. The predicted octanol–water partition coefficient (Wildman–Crippen LogP) is 3.89. The molecule has 0 saturated carbocycles. The third-order valence-electron chi connectivity index (χ3n) is 3.13. The van der Waals surface area contributed by atoms with Crippen molar-refractivity contribution in [2.75, 3.05) is 6.54 Å².